The van der Waals surface area contributed by atoms with Gasteiger partial charge in [-0.15, -0.1) is 0 Å². The van der Waals surface area contributed by atoms with Crippen molar-refractivity contribution in [2.45, 2.75) is 0 Å². The maximum atomic E-state index is 12.1. The van der Waals surface area contributed by atoms with Crippen molar-refractivity contribution in [3.8, 4) is 0 Å². The number of carbonyl (C=O) groups is 1. The molecule has 0 saturated carbocycles. The van der Waals surface area contributed by atoms with Gasteiger partial charge in [0.05, 0.1) is 5.41 Å². The molecular formula is C17H16N2O4S. The summed E-state index contributed by atoms with van der Waals surface area (Å²) in [4.78, 5) is 11.0. The average Bonchev–Trinajstić information content (AvgIpc) is 2.59. The molecule has 0 unspecified atom stereocenters. The van der Waals surface area contributed by atoms with Crippen molar-refractivity contribution < 1.29 is 18.4 Å². The van der Waals surface area contributed by atoms with Crippen LogP contribution < -0.4 is 10.2 Å². The molecule has 24 heavy (non-hydrogen) atoms. The monoisotopic (exact) mass is 344 g/mol. The molecule has 124 valence electrons. The van der Waals surface area contributed by atoms with Crippen LogP contribution in [0.25, 0.3) is 12.2 Å². The van der Waals surface area contributed by atoms with E-state index in [0.717, 1.165) is 17.0 Å². The molecule has 0 aliphatic rings. The van der Waals surface area contributed by atoms with Crippen LogP contribution in [0.2, 0.25) is 0 Å². The molecule has 7 heteroatoms. The van der Waals surface area contributed by atoms with E-state index in [9.17, 15) is 13.2 Å². The second-order valence-electron chi connectivity index (χ2n) is 4.80. The van der Waals surface area contributed by atoms with E-state index >= 15 is 0 Å². The van der Waals surface area contributed by atoms with Crippen LogP contribution in [0, 0.1) is 0 Å². The first kappa shape index (κ1) is 17.5. The van der Waals surface area contributed by atoms with Crippen LogP contribution in [0.5, 0.6) is 0 Å². The molecule has 6 nitrogen and oxygen atoms in total. The Kier molecular flexibility index (Phi) is 5.89. The first-order chi connectivity index (χ1) is 11.5. The maximum Gasteiger partial charge on any atom is 0.267 e. The number of amides is 1. The standard InChI is InChI=1S/C17H16N2O4S/c20-17(18-21)10-9-15-7-4-8-16(13-15)19-24(22,23)12-11-14-5-2-1-3-6-14/h1-13,19,21H,(H,18,20). The summed E-state index contributed by atoms with van der Waals surface area (Å²) in [6, 6.07) is 15.6. The summed E-state index contributed by atoms with van der Waals surface area (Å²) in [5, 5.41) is 9.51. The van der Waals surface area contributed by atoms with Crippen LogP contribution in [-0.2, 0) is 14.8 Å². The van der Waals surface area contributed by atoms with Crippen molar-refractivity contribution in [2.24, 2.45) is 0 Å². The normalized spacial score (nSPS) is 11.7. The van der Waals surface area contributed by atoms with Gasteiger partial charge in [-0.25, -0.2) is 13.9 Å². The molecule has 0 heterocycles. The van der Waals surface area contributed by atoms with Gasteiger partial charge in [-0.05, 0) is 35.4 Å². The summed E-state index contributed by atoms with van der Waals surface area (Å²) < 4.78 is 26.6. The molecule has 0 saturated heterocycles. The zero-order valence-corrected chi connectivity index (χ0v) is 13.4. The minimum Gasteiger partial charge on any atom is -0.288 e. The Hall–Kier alpha value is -2.90. The van der Waals surface area contributed by atoms with Gasteiger partial charge in [0.15, 0.2) is 0 Å². The fourth-order valence-electron chi connectivity index (χ4n) is 1.85. The van der Waals surface area contributed by atoms with Gasteiger partial charge in [0.1, 0.15) is 0 Å². The zero-order valence-electron chi connectivity index (χ0n) is 12.6. The van der Waals surface area contributed by atoms with E-state index in [-0.39, 0.29) is 0 Å². The molecule has 0 atom stereocenters. The van der Waals surface area contributed by atoms with Gasteiger partial charge in [-0.2, -0.15) is 0 Å². The number of benzene rings is 2. The number of carbonyl (C=O) groups excluding carboxylic acids is 1. The third-order valence-corrected chi connectivity index (χ3v) is 3.94. The highest BCUT2D eigenvalue weighted by molar-refractivity contribution is 7.95. The zero-order chi connectivity index (χ0) is 17.4. The molecule has 2 rings (SSSR count). The molecule has 0 fully saturated rings. The molecule has 0 radical (unpaired) electrons. The van der Waals surface area contributed by atoms with Crippen molar-refractivity contribution in [3.05, 3.63) is 77.2 Å². The molecule has 0 aliphatic heterocycles. The van der Waals surface area contributed by atoms with Gasteiger partial charge in [0.25, 0.3) is 15.9 Å². The van der Waals surface area contributed by atoms with E-state index in [1.807, 2.05) is 18.2 Å². The fraction of sp³-hybridized carbons (Fsp3) is 0. The summed E-state index contributed by atoms with van der Waals surface area (Å²) in [7, 11) is -3.66. The molecule has 0 spiro atoms. The highest BCUT2D eigenvalue weighted by Gasteiger charge is 2.05. The lowest BCUT2D eigenvalue weighted by Crippen LogP contribution is -2.14. The summed E-state index contributed by atoms with van der Waals surface area (Å²) in [5.41, 5.74) is 3.21. The van der Waals surface area contributed by atoms with Gasteiger partial charge in [-0.3, -0.25) is 14.7 Å². The lowest BCUT2D eigenvalue weighted by Gasteiger charge is -2.05. The average molecular weight is 344 g/mol. The van der Waals surface area contributed by atoms with E-state index in [2.05, 4.69) is 4.72 Å². The van der Waals surface area contributed by atoms with Gasteiger partial charge in [0, 0.05) is 11.8 Å². The topological polar surface area (TPSA) is 95.5 Å². The highest BCUT2D eigenvalue weighted by Crippen LogP contribution is 2.14. The minimum atomic E-state index is -3.66. The van der Waals surface area contributed by atoms with Crippen molar-refractivity contribution in [1.29, 1.82) is 0 Å². The summed E-state index contributed by atoms with van der Waals surface area (Å²) in [6.07, 6.45) is 4.07. The number of sulfonamides is 1. The minimum absolute atomic E-state index is 0.360. The van der Waals surface area contributed by atoms with Crippen molar-refractivity contribution in [2.75, 3.05) is 4.72 Å². The Morgan fingerprint density at radius 1 is 0.958 bits per heavy atom. The lowest BCUT2D eigenvalue weighted by molar-refractivity contribution is -0.124. The van der Waals surface area contributed by atoms with E-state index in [0.29, 0.717) is 11.3 Å². The number of hydrogen-bond donors (Lipinski definition) is 3. The third kappa shape index (κ3) is 5.71. The third-order valence-electron chi connectivity index (χ3n) is 2.92. The summed E-state index contributed by atoms with van der Waals surface area (Å²) in [5.74, 6) is -0.674. The molecule has 3 N–H and O–H groups in total. The van der Waals surface area contributed by atoms with Crippen LogP contribution in [-0.4, -0.2) is 19.5 Å². The van der Waals surface area contributed by atoms with Gasteiger partial charge in [0.2, 0.25) is 0 Å². The molecule has 1 amide bonds. The molecule has 0 aromatic heterocycles. The molecule has 2 aromatic carbocycles. The van der Waals surface area contributed by atoms with E-state index in [1.54, 1.807) is 36.4 Å². The second kappa shape index (κ2) is 8.09. The van der Waals surface area contributed by atoms with Crippen LogP contribution in [0.1, 0.15) is 11.1 Å². The number of hydroxylamine groups is 1. The first-order valence-electron chi connectivity index (χ1n) is 6.97. The smallest absolute Gasteiger partial charge is 0.267 e. The predicted molar refractivity (Wildman–Crippen MR) is 93.4 cm³/mol. The Morgan fingerprint density at radius 3 is 2.38 bits per heavy atom. The Morgan fingerprint density at radius 2 is 1.67 bits per heavy atom. The van der Waals surface area contributed by atoms with Crippen LogP contribution in [0.3, 0.4) is 0 Å². The lowest BCUT2D eigenvalue weighted by atomic mass is 10.2. The predicted octanol–water partition coefficient (Wildman–Crippen LogP) is 2.62. The molecule has 0 bridgehead atoms. The molecule has 0 aliphatic carbocycles. The second-order valence-corrected chi connectivity index (χ2v) is 6.36. The highest BCUT2D eigenvalue weighted by atomic mass is 32.2. The van der Waals surface area contributed by atoms with E-state index < -0.39 is 15.9 Å². The van der Waals surface area contributed by atoms with Crippen LogP contribution >= 0.6 is 0 Å². The van der Waals surface area contributed by atoms with Crippen LogP contribution in [0.4, 0.5) is 5.69 Å². The Balaban J connectivity index is 2.11. The largest absolute Gasteiger partial charge is 0.288 e. The fourth-order valence-corrected chi connectivity index (χ4v) is 2.71. The van der Waals surface area contributed by atoms with Crippen LogP contribution in [0.15, 0.2) is 66.1 Å². The molecular weight excluding hydrogens is 328 g/mol. The molecule has 2 aromatic rings. The SMILES string of the molecule is O=C(C=Cc1cccc(NS(=O)(=O)C=Cc2ccccc2)c1)NO. The Labute approximate surface area is 140 Å². The van der Waals surface area contributed by atoms with Crippen molar-refractivity contribution >= 4 is 33.8 Å². The van der Waals surface area contributed by atoms with Gasteiger partial charge < -0.3 is 0 Å². The number of hydrogen-bond acceptors (Lipinski definition) is 4. The maximum absolute atomic E-state index is 12.1. The van der Waals surface area contributed by atoms with Gasteiger partial charge >= 0.3 is 0 Å². The van der Waals surface area contributed by atoms with Crippen molar-refractivity contribution in [1.82, 2.24) is 5.48 Å². The summed E-state index contributed by atoms with van der Waals surface area (Å²) in [6.45, 7) is 0. The Bertz CT molecular complexity index is 859. The number of nitrogens with one attached hydrogen (secondary N) is 2. The van der Waals surface area contributed by atoms with Crippen molar-refractivity contribution in [3.63, 3.8) is 0 Å². The van der Waals surface area contributed by atoms with Gasteiger partial charge in [-0.1, -0.05) is 42.5 Å². The van der Waals surface area contributed by atoms with E-state index in [1.165, 1.54) is 17.6 Å². The first-order valence-corrected chi connectivity index (χ1v) is 8.51. The van der Waals surface area contributed by atoms with E-state index in [4.69, 9.17) is 5.21 Å². The quantitative estimate of drug-likeness (QED) is 0.426. The number of anilines is 1. The number of rotatable bonds is 6. The summed E-state index contributed by atoms with van der Waals surface area (Å²) >= 11 is 0.